The van der Waals surface area contributed by atoms with Gasteiger partial charge in [-0.2, -0.15) is 4.68 Å². The minimum atomic E-state index is 0.110. The van der Waals surface area contributed by atoms with Gasteiger partial charge in [-0.1, -0.05) is 47.7 Å². The number of anilines is 1. The van der Waals surface area contributed by atoms with Gasteiger partial charge in [0.2, 0.25) is 0 Å². The molecule has 3 N–H and O–H groups in total. The Labute approximate surface area is 109 Å². The lowest BCUT2D eigenvalue weighted by atomic mass is 10.1. The van der Waals surface area contributed by atoms with Crippen LogP contribution in [0, 0.1) is 0 Å². The second-order valence-electron chi connectivity index (χ2n) is 4.09. The van der Waals surface area contributed by atoms with Gasteiger partial charge < -0.3 is 10.8 Å². The number of phenols is 1. The molecule has 5 nitrogen and oxygen atoms in total. The van der Waals surface area contributed by atoms with Gasteiger partial charge in [0, 0.05) is 5.56 Å². The van der Waals surface area contributed by atoms with Crippen LogP contribution in [0.1, 0.15) is 0 Å². The highest BCUT2D eigenvalue weighted by molar-refractivity contribution is 5.71. The van der Waals surface area contributed by atoms with Crippen LogP contribution in [-0.2, 0) is 0 Å². The van der Waals surface area contributed by atoms with Crippen LogP contribution in [-0.4, -0.2) is 20.1 Å². The Morgan fingerprint density at radius 3 is 2.37 bits per heavy atom. The Kier molecular flexibility index (Phi) is 2.64. The molecule has 0 spiro atoms. The van der Waals surface area contributed by atoms with Crippen molar-refractivity contribution in [1.82, 2.24) is 15.0 Å². The van der Waals surface area contributed by atoms with Gasteiger partial charge in [0.1, 0.15) is 17.1 Å². The summed E-state index contributed by atoms with van der Waals surface area (Å²) < 4.78 is 1.43. The topological polar surface area (TPSA) is 77.0 Å². The summed E-state index contributed by atoms with van der Waals surface area (Å²) in [5.74, 6) is 0.506. The van der Waals surface area contributed by atoms with Crippen LogP contribution in [0.15, 0.2) is 54.6 Å². The highest BCUT2D eigenvalue weighted by atomic mass is 16.3. The van der Waals surface area contributed by atoms with Gasteiger partial charge in [0.25, 0.3) is 0 Å². The summed E-state index contributed by atoms with van der Waals surface area (Å²) in [5, 5.41) is 17.9. The summed E-state index contributed by atoms with van der Waals surface area (Å²) in [6, 6.07) is 16.4. The Morgan fingerprint density at radius 2 is 1.63 bits per heavy atom. The first-order valence-electron chi connectivity index (χ1n) is 5.82. The molecular formula is C14H12N4O. The van der Waals surface area contributed by atoms with Crippen molar-refractivity contribution in [2.24, 2.45) is 0 Å². The van der Waals surface area contributed by atoms with E-state index in [2.05, 4.69) is 10.3 Å². The van der Waals surface area contributed by atoms with Gasteiger partial charge in [0.15, 0.2) is 5.82 Å². The molecule has 0 saturated heterocycles. The minimum Gasteiger partial charge on any atom is -0.506 e. The molecule has 0 aliphatic heterocycles. The van der Waals surface area contributed by atoms with Crippen molar-refractivity contribution in [2.75, 3.05) is 5.73 Å². The van der Waals surface area contributed by atoms with E-state index in [0.717, 1.165) is 5.56 Å². The molecule has 1 aromatic heterocycles. The molecule has 0 aliphatic carbocycles. The summed E-state index contributed by atoms with van der Waals surface area (Å²) in [5.41, 5.74) is 8.06. The van der Waals surface area contributed by atoms with Gasteiger partial charge in [0.05, 0.1) is 0 Å². The third-order valence-electron chi connectivity index (χ3n) is 2.86. The maximum atomic E-state index is 9.82. The smallest absolute Gasteiger partial charge is 0.156 e. The first-order chi connectivity index (χ1) is 9.27. The summed E-state index contributed by atoms with van der Waals surface area (Å²) in [7, 11) is 0. The van der Waals surface area contributed by atoms with Crippen molar-refractivity contribution in [3.63, 3.8) is 0 Å². The van der Waals surface area contributed by atoms with Crippen molar-refractivity contribution >= 4 is 5.82 Å². The van der Waals surface area contributed by atoms with Crippen LogP contribution in [0.5, 0.6) is 5.75 Å². The number of aromatic hydroxyl groups is 1. The van der Waals surface area contributed by atoms with Crippen LogP contribution < -0.4 is 5.73 Å². The Bertz CT molecular complexity index is 706. The third-order valence-corrected chi connectivity index (χ3v) is 2.86. The monoisotopic (exact) mass is 252 g/mol. The molecule has 94 valence electrons. The average molecular weight is 252 g/mol. The molecule has 0 atom stereocenters. The van der Waals surface area contributed by atoms with Crippen LogP contribution in [0.2, 0.25) is 0 Å². The predicted octanol–water partition coefficient (Wildman–Crippen LogP) is 2.22. The second-order valence-corrected chi connectivity index (χ2v) is 4.09. The predicted molar refractivity (Wildman–Crippen MR) is 72.9 cm³/mol. The van der Waals surface area contributed by atoms with Gasteiger partial charge in [-0.25, -0.2) is 0 Å². The van der Waals surface area contributed by atoms with Crippen LogP contribution in [0.25, 0.3) is 16.9 Å². The number of aromatic nitrogens is 3. The van der Waals surface area contributed by atoms with E-state index in [1.807, 2.05) is 30.3 Å². The van der Waals surface area contributed by atoms with Crippen molar-refractivity contribution in [2.45, 2.75) is 0 Å². The number of nitrogens with zero attached hydrogens (tertiary/aromatic N) is 3. The highest BCUT2D eigenvalue weighted by Gasteiger charge is 2.14. The highest BCUT2D eigenvalue weighted by Crippen LogP contribution is 2.28. The lowest BCUT2D eigenvalue weighted by molar-refractivity contribution is 0.470. The first kappa shape index (κ1) is 11.3. The van der Waals surface area contributed by atoms with Gasteiger partial charge >= 0.3 is 0 Å². The van der Waals surface area contributed by atoms with Gasteiger partial charge in [-0.05, 0) is 12.1 Å². The summed E-state index contributed by atoms with van der Waals surface area (Å²) >= 11 is 0. The maximum Gasteiger partial charge on any atom is 0.156 e. The van der Waals surface area contributed by atoms with Gasteiger partial charge in [-0.15, -0.1) is 5.10 Å². The fourth-order valence-corrected chi connectivity index (χ4v) is 1.91. The lowest BCUT2D eigenvalue weighted by Crippen LogP contribution is -2.02. The molecule has 0 saturated carbocycles. The van der Waals surface area contributed by atoms with Gasteiger partial charge in [-0.3, -0.25) is 0 Å². The quantitative estimate of drug-likeness (QED) is 0.733. The number of para-hydroxylation sites is 2. The zero-order chi connectivity index (χ0) is 13.2. The summed E-state index contributed by atoms with van der Waals surface area (Å²) in [6.07, 6.45) is 0. The van der Waals surface area contributed by atoms with E-state index in [9.17, 15) is 5.11 Å². The van der Waals surface area contributed by atoms with E-state index < -0.39 is 0 Å². The molecule has 1 heterocycles. The lowest BCUT2D eigenvalue weighted by Gasteiger charge is -2.05. The molecular weight excluding hydrogens is 240 g/mol. The molecule has 5 heteroatoms. The van der Waals surface area contributed by atoms with Crippen LogP contribution in [0.4, 0.5) is 5.82 Å². The maximum absolute atomic E-state index is 9.82. The molecule has 0 radical (unpaired) electrons. The van der Waals surface area contributed by atoms with E-state index in [1.165, 1.54) is 4.68 Å². The van der Waals surface area contributed by atoms with Crippen molar-refractivity contribution < 1.29 is 5.11 Å². The van der Waals surface area contributed by atoms with E-state index in [0.29, 0.717) is 17.2 Å². The summed E-state index contributed by atoms with van der Waals surface area (Å²) in [6.45, 7) is 0. The third kappa shape index (κ3) is 1.91. The summed E-state index contributed by atoms with van der Waals surface area (Å²) in [4.78, 5) is 0. The minimum absolute atomic E-state index is 0.110. The molecule has 19 heavy (non-hydrogen) atoms. The molecule has 0 fully saturated rings. The molecule has 0 aliphatic rings. The second kappa shape index (κ2) is 4.45. The Hall–Kier alpha value is -2.82. The molecule has 3 aromatic rings. The molecule has 0 bridgehead atoms. The number of phenolic OH excluding ortho intramolecular Hbond substituents is 1. The zero-order valence-corrected chi connectivity index (χ0v) is 10.1. The van der Waals surface area contributed by atoms with E-state index in [-0.39, 0.29) is 5.75 Å². The van der Waals surface area contributed by atoms with E-state index in [1.54, 1.807) is 24.3 Å². The number of nitrogens with two attached hydrogens (primary N) is 1. The van der Waals surface area contributed by atoms with Crippen LogP contribution in [0.3, 0.4) is 0 Å². The molecule has 0 amide bonds. The Balaban J connectivity index is 2.12. The molecule has 2 aromatic carbocycles. The number of benzene rings is 2. The number of hydrogen-bond acceptors (Lipinski definition) is 4. The standard InChI is InChI=1S/C14H12N4O/c15-14-13(10-6-2-1-3-7-10)16-17-18(14)11-8-4-5-9-12(11)19/h1-9,19H,15H2. The van der Waals surface area contributed by atoms with E-state index in [4.69, 9.17) is 5.73 Å². The fourth-order valence-electron chi connectivity index (χ4n) is 1.91. The number of hydrogen-bond donors (Lipinski definition) is 2. The number of rotatable bonds is 2. The van der Waals surface area contributed by atoms with Crippen molar-refractivity contribution in [3.05, 3.63) is 54.6 Å². The zero-order valence-electron chi connectivity index (χ0n) is 10.1. The Morgan fingerprint density at radius 1 is 0.947 bits per heavy atom. The average Bonchev–Trinajstić information content (AvgIpc) is 2.82. The van der Waals surface area contributed by atoms with E-state index >= 15 is 0 Å². The molecule has 0 unspecified atom stereocenters. The van der Waals surface area contributed by atoms with Crippen molar-refractivity contribution in [1.29, 1.82) is 0 Å². The largest absolute Gasteiger partial charge is 0.506 e. The number of nitrogen functional groups attached to an aromatic ring is 1. The normalized spacial score (nSPS) is 10.5. The van der Waals surface area contributed by atoms with Crippen molar-refractivity contribution in [3.8, 4) is 22.7 Å². The van der Waals surface area contributed by atoms with Crippen LogP contribution >= 0.6 is 0 Å². The first-order valence-corrected chi connectivity index (χ1v) is 5.82. The SMILES string of the molecule is Nc1c(-c2ccccc2)nnn1-c1ccccc1O. The molecule has 3 rings (SSSR count). The fraction of sp³-hybridized carbons (Fsp3) is 0.